The van der Waals surface area contributed by atoms with E-state index in [0.29, 0.717) is 13.0 Å². The number of hydrogen-bond donors (Lipinski definition) is 1. The first kappa shape index (κ1) is 10.2. The molecule has 1 unspecified atom stereocenters. The number of esters is 1. The average Bonchev–Trinajstić information content (AvgIpc) is 1.88. The molecule has 0 saturated carbocycles. The molecule has 0 aliphatic rings. The van der Waals surface area contributed by atoms with E-state index in [1.54, 1.807) is 19.9 Å². The molecular formula is C8H15NO2. The Hall–Kier alpha value is -0.830. The van der Waals surface area contributed by atoms with Gasteiger partial charge in [-0.25, -0.2) is 0 Å². The van der Waals surface area contributed by atoms with E-state index in [0.717, 1.165) is 0 Å². The lowest BCUT2D eigenvalue weighted by atomic mass is 10.00. The molecule has 0 aliphatic carbocycles. The van der Waals surface area contributed by atoms with Gasteiger partial charge in [0.2, 0.25) is 0 Å². The Morgan fingerprint density at radius 2 is 2.36 bits per heavy atom. The number of nitrogens with two attached hydrogens (primary N) is 1. The molecule has 0 aromatic carbocycles. The molecule has 0 bridgehead atoms. The van der Waals surface area contributed by atoms with Crippen LogP contribution in [0.1, 0.15) is 20.3 Å². The molecule has 0 aliphatic heterocycles. The van der Waals surface area contributed by atoms with E-state index in [4.69, 9.17) is 10.5 Å². The van der Waals surface area contributed by atoms with E-state index < -0.39 is 5.54 Å². The summed E-state index contributed by atoms with van der Waals surface area (Å²) < 4.78 is 4.75. The Morgan fingerprint density at radius 1 is 1.82 bits per heavy atom. The second kappa shape index (κ2) is 4.13. The summed E-state index contributed by atoms with van der Waals surface area (Å²) >= 11 is 0. The number of carbonyl (C=O) groups is 1. The molecule has 0 saturated heterocycles. The molecule has 3 heteroatoms. The van der Waals surface area contributed by atoms with Gasteiger partial charge in [0.15, 0.2) is 0 Å². The van der Waals surface area contributed by atoms with Crippen molar-refractivity contribution >= 4 is 5.97 Å². The van der Waals surface area contributed by atoms with Crippen LogP contribution in [0, 0.1) is 0 Å². The third-order valence-electron chi connectivity index (χ3n) is 1.31. The van der Waals surface area contributed by atoms with Crippen molar-refractivity contribution in [3.8, 4) is 0 Å². The maximum Gasteiger partial charge on any atom is 0.326 e. The van der Waals surface area contributed by atoms with Crippen molar-refractivity contribution in [3.05, 3.63) is 12.7 Å². The summed E-state index contributed by atoms with van der Waals surface area (Å²) in [5, 5.41) is 0. The van der Waals surface area contributed by atoms with Gasteiger partial charge >= 0.3 is 5.97 Å². The molecule has 11 heavy (non-hydrogen) atoms. The highest BCUT2D eigenvalue weighted by molar-refractivity contribution is 5.80. The molecule has 0 amide bonds. The number of rotatable bonds is 4. The van der Waals surface area contributed by atoms with Gasteiger partial charge in [-0.2, -0.15) is 0 Å². The maximum absolute atomic E-state index is 11.1. The van der Waals surface area contributed by atoms with Gasteiger partial charge in [0.1, 0.15) is 5.54 Å². The minimum absolute atomic E-state index is 0.364. The van der Waals surface area contributed by atoms with Gasteiger partial charge in [-0.15, -0.1) is 6.58 Å². The summed E-state index contributed by atoms with van der Waals surface area (Å²) in [5.41, 5.74) is 4.69. The van der Waals surface area contributed by atoms with Crippen LogP contribution in [-0.2, 0) is 9.53 Å². The highest BCUT2D eigenvalue weighted by Crippen LogP contribution is 2.07. The fourth-order valence-electron chi connectivity index (χ4n) is 0.679. The van der Waals surface area contributed by atoms with Crippen LogP contribution in [0.15, 0.2) is 12.7 Å². The molecule has 0 aromatic rings. The Morgan fingerprint density at radius 3 is 2.73 bits per heavy atom. The Kier molecular flexibility index (Phi) is 3.82. The van der Waals surface area contributed by atoms with Crippen molar-refractivity contribution in [3.63, 3.8) is 0 Å². The third kappa shape index (κ3) is 3.18. The summed E-state index contributed by atoms with van der Waals surface area (Å²) in [6.07, 6.45) is 2.04. The quantitative estimate of drug-likeness (QED) is 0.486. The lowest BCUT2D eigenvalue weighted by Gasteiger charge is -2.19. The van der Waals surface area contributed by atoms with Crippen LogP contribution in [0.25, 0.3) is 0 Å². The smallest absolute Gasteiger partial charge is 0.326 e. The first-order chi connectivity index (χ1) is 5.04. The van der Waals surface area contributed by atoms with Crippen molar-refractivity contribution in [2.24, 2.45) is 5.73 Å². The first-order valence-electron chi connectivity index (χ1n) is 3.61. The van der Waals surface area contributed by atoms with Crippen LogP contribution in [0.3, 0.4) is 0 Å². The fraction of sp³-hybridized carbons (Fsp3) is 0.625. The minimum Gasteiger partial charge on any atom is -0.465 e. The molecule has 0 fully saturated rings. The van der Waals surface area contributed by atoms with Crippen molar-refractivity contribution in [2.75, 3.05) is 6.61 Å². The molecule has 0 radical (unpaired) electrons. The van der Waals surface area contributed by atoms with E-state index in [-0.39, 0.29) is 5.97 Å². The Bertz CT molecular complexity index is 152. The van der Waals surface area contributed by atoms with Gasteiger partial charge in [0, 0.05) is 0 Å². The van der Waals surface area contributed by atoms with Crippen molar-refractivity contribution in [2.45, 2.75) is 25.8 Å². The summed E-state index contributed by atoms with van der Waals surface area (Å²) in [5.74, 6) is -0.375. The van der Waals surface area contributed by atoms with Gasteiger partial charge in [0.05, 0.1) is 6.61 Å². The lowest BCUT2D eigenvalue weighted by molar-refractivity contribution is -0.148. The number of carbonyl (C=O) groups excluding carboxylic acids is 1. The van der Waals surface area contributed by atoms with Gasteiger partial charge < -0.3 is 10.5 Å². The predicted octanol–water partition coefficient (Wildman–Crippen LogP) is 0.843. The molecular weight excluding hydrogens is 142 g/mol. The van der Waals surface area contributed by atoms with Crippen molar-refractivity contribution in [1.29, 1.82) is 0 Å². The average molecular weight is 157 g/mol. The normalized spacial score (nSPS) is 15.2. The summed E-state index contributed by atoms with van der Waals surface area (Å²) in [6.45, 7) is 7.25. The minimum atomic E-state index is -0.919. The van der Waals surface area contributed by atoms with Crippen LogP contribution < -0.4 is 5.73 Å². The van der Waals surface area contributed by atoms with Gasteiger partial charge in [-0.05, 0) is 20.3 Å². The number of hydrogen-bond acceptors (Lipinski definition) is 3. The van der Waals surface area contributed by atoms with Gasteiger partial charge in [0.25, 0.3) is 0 Å². The van der Waals surface area contributed by atoms with E-state index in [9.17, 15) is 4.79 Å². The highest BCUT2D eigenvalue weighted by atomic mass is 16.5. The molecule has 64 valence electrons. The summed E-state index contributed by atoms with van der Waals surface area (Å²) in [6, 6.07) is 0. The largest absolute Gasteiger partial charge is 0.465 e. The van der Waals surface area contributed by atoms with Crippen LogP contribution >= 0.6 is 0 Å². The lowest BCUT2D eigenvalue weighted by Crippen LogP contribution is -2.45. The van der Waals surface area contributed by atoms with Gasteiger partial charge in [-0.3, -0.25) is 4.79 Å². The zero-order valence-electron chi connectivity index (χ0n) is 7.09. The predicted molar refractivity (Wildman–Crippen MR) is 44.0 cm³/mol. The highest BCUT2D eigenvalue weighted by Gasteiger charge is 2.27. The van der Waals surface area contributed by atoms with Crippen molar-refractivity contribution < 1.29 is 9.53 Å². The fourth-order valence-corrected chi connectivity index (χ4v) is 0.679. The molecule has 0 aromatic heterocycles. The van der Waals surface area contributed by atoms with Gasteiger partial charge in [-0.1, -0.05) is 6.08 Å². The van der Waals surface area contributed by atoms with E-state index in [1.807, 2.05) is 0 Å². The second-order valence-corrected chi connectivity index (χ2v) is 2.63. The van der Waals surface area contributed by atoms with E-state index in [2.05, 4.69) is 6.58 Å². The first-order valence-corrected chi connectivity index (χ1v) is 3.61. The zero-order valence-corrected chi connectivity index (χ0v) is 7.09. The Balaban J connectivity index is 4.05. The maximum atomic E-state index is 11.1. The molecule has 3 nitrogen and oxygen atoms in total. The van der Waals surface area contributed by atoms with Crippen molar-refractivity contribution in [1.82, 2.24) is 0 Å². The molecule has 2 N–H and O–H groups in total. The molecule has 0 spiro atoms. The number of ether oxygens (including phenoxy) is 1. The SMILES string of the molecule is C=CCC(C)(N)C(=O)OCC. The van der Waals surface area contributed by atoms with Crippen LogP contribution in [0.4, 0.5) is 0 Å². The topological polar surface area (TPSA) is 52.3 Å². The molecule has 0 heterocycles. The monoisotopic (exact) mass is 157 g/mol. The van der Waals surface area contributed by atoms with Crippen LogP contribution in [0.2, 0.25) is 0 Å². The second-order valence-electron chi connectivity index (χ2n) is 2.63. The summed E-state index contributed by atoms with van der Waals surface area (Å²) in [7, 11) is 0. The van der Waals surface area contributed by atoms with Crippen LogP contribution in [-0.4, -0.2) is 18.1 Å². The van der Waals surface area contributed by atoms with E-state index in [1.165, 1.54) is 0 Å². The Labute approximate surface area is 67.2 Å². The molecule has 1 atom stereocenters. The van der Waals surface area contributed by atoms with Crippen LogP contribution in [0.5, 0.6) is 0 Å². The molecule has 0 rings (SSSR count). The summed E-state index contributed by atoms with van der Waals surface area (Å²) in [4.78, 5) is 11.1. The third-order valence-corrected chi connectivity index (χ3v) is 1.31. The van der Waals surface area contributed by atoms with E-state index >= 15 is 0 Å². The zero-order chi connectivity index (χ0) is 8.91. The standard InChI is InChI=1S/C8H15NO2/c1-4-6-8(3,9)7(10)11-5-2/h4H,1,5-6,9H2,2-3H3.